The number of phosphoric acid groups is 1. The summed E-state index contributed by atoms with van der Waals surface area (Å²) < 4.78 is 30.9. The molecule has 0 spiro atoms. The lowest BCUT2D eigenvalue weighted by Gasteiger charge is -2.27. The number of ether oxygens (including phenoxy) is 1. The number of amides is 1. The number of esters is 1. The largest absolute Gasteiger partial charge is 0.472 e. The molecule has 3 atom stereocenters. The lowest BCUT2D eigenvalue weighted by atomic mass is 10.0. The van der Waals surface area contributed by atoms with E-state index < -0.39 is 20.0 Å². The van der Waals surface area contributed by atoms with E-state index in [0.29, 0.717) is 17.4 Å². The van der Waals surface area contributed by atoms with Crippen molar-refractivity contribution in [2.24, 2.45) is 0 Å². The second-order valence-corrected chi connectivity index (χ2v) is 26.8. The Morgan fingerprint density at radius 3 is 1.05 bits per heavy atom. The van der Waals surface area contributed by atoms with Crippen LogP contribution in [-0.2, 0) is 27.9 Å². The van der Waals surface area contributed by atoms with Crippen LogP contribution in [0.2, 0.25) is 0 Å². The van der Waals surface area contributed by atoms with Gasteiger partial charge in [-0.3, -0.25) is 18.6 Å². The van der Waals surface area contributed by atoms with Crippen molar-refractivity contribution >= 4 is 19.7 Å². The summed E-state index contributed by atoms with van der Waals surface area (Å²) >= 11 is 0. The highest BCUT2D eigenvalue weighted by Gasteiger charge is 2.30. The first-order valence-electron chi connectivity index (χ1n) is 36.8. The number of nitrogens with one attached hydrogen (secondary N) is 1. The van der Waals surface area contributed by atoms with Crippen molar-refractivity contribution < 1.29 is 37.3 Å². The van der Waals surface area contributed by atoms with Gasteiger partial charge in [-0.25, -0.2) is 4.57 Å². The van der Waals surface area contributed by atoms with Gasteiger partial charge < -0.3 is 19.4 Å². The number of hydrogen-bond acceptors (Lipinski definition) is 6. The van der Waals surface area contributed by atoms with Crippen molar-refractivity contribution in [1.29, 1.82) is 0 Å². The molecule has 2 N–H and O–H groups in total. The van der Waals surface area contributed by atoms with Crippen LogP contribution in [0.5, 0.6) is 0 Å². The van der Waals surface area contributed by atoms with Gasteiger partial charge in [0.15, 0.2) is 0 Å². The van der Waals surface area contributed by atoms with Crippen molar-refractivity contribution in [3.8, 4) is 0 Å². The molecule has 0 aliphatic heterocycles. The van der Waals surface area contributed by atoms with Crippen LogP contribution in [-0.4, -0.2) is 74.3 Å². The predicted molar refractivity (Wildman–Crippen MR) is 396 cm³/mol. The van der Waals surface area contributed by atoms with Crippen LogP contribution < -0.4 is 5.32 Å². The van der Waals surface area contributed by atoms with Gasteiger partial charge in [0.05, 0.1) is 33.8 Å². The van der Waals surface area contributed by atoms with Gasteiger partial charge in [-0.2, -0.15) is 0 Å². The van der Waals surface area contributed by atoms with Crippen LogP contribution in [0.1, 0.15) is 290 Å². The molecule has 3 unspecified atom stereocenters. The number of phosphoric ester groups is 1. The van der Waals surface area contributed by atoms with E-state index in [4.69, 9.17) is 13.8 Å². The molecule has 0 aliphatic carbocycles. The van der Waals surface area contributed by atoms with Crippen molar-refractivity contribution in [2.75, 3.05) is 40.9 Å². The highest BCUT2D eigenvalue weighted by molar-refractivity contribution is 7.47. The number of rotatable bonds is 65. The first kappa shape index (κ1) is 86.6. The zero-order valence-corrected chi connectivity index (χ0v) is 60.2. The monoisotopic (exact) mass is 1280 g/mol. The molecule has 0 aromatic rings. The molecular weight excluding hydrogens is 1140 g/mol. The van der Waals surface area contributed by atoms with Crippen molar-refractivity contribution in [1.82, 2.24) is 5.32 Å². The molecule has 518 valence electrons. The molecule has 0 rings (SSSR count). The van der Waals surface area contributed by atoms with Gasteiger partial charge in [-0.05, 0) is 134 Å². The summed E-state index contributed by atoms with van der Waals surface area (Å²) in [5.41, 5.74) is 0. The molecule has 0 bridgehead atoms. The Kier molecular flexibility index (Phi) is 65.2. The average Bonchev–Trinajstić information content (AvgIpc) is 3.73. The van der Waals surface area contributed by atoms with E-state index in [-0.39, 0.29) is 31.5 Å². The highest BCUT2D eigenvalue weighted by Crippen LogP contribution is 2.43. The molecule has 0 aliphatic rings. The second-order valence-electron chi connectivity index (χ2n) is 25.3. The maximum Gasteiger partial charge on any atom is 0.472 e. The summed E-state index contributed by atoms with van der Waals surface area (Å²) in [5.74, 6) is -0.538. The van der Waals surface area contributed by atoms with E-state index in [9.17, 15) is 19.0 Å². The summed E-state index contributed by atoms with van der Waals surface area (Å²) in [5, 5.41) is 3.06. The van der Waals surface area contributed by atoms with E-state index in [0.717, 1.165) is 173 Å². The summed E-state index contributed by atoms with van der Waals surface area (Å²) in [6.45, 7) is 6.77. The van der Waals surface area contributed by atoms with Crippen LogP contribution >= 0.6 is 7.82 Å². The molecule has 0 aromatic carbocycles. The Labute approximate surface area is 560 Å². The Balaban J connectivity index is 5.15. The minimum atomic E-state index is -4.48. The van der Waals surface area contributed by atoms with E-state index in [1.807, 2.05) is 33.3 Å². The molecule has 10 heteroatoms. The number of unbranched alkanes of at least 4 members (excludes halogenated alkanes) is 25. The normalized spacial score (nSPS) is 14.4. The number of hydrogen-bond donors (Lipinski definition) is 2. The summed E-state index contributed by atoms with van der Waals surface area (Å²) in [6.07, 6.45) is 101. The lowest BCUT2D eigenvalue weighted by Crippen LogP contribution is -2.47. The zero-order chi connectivity index (χ0) is 66.3. The number of carbonyl (C=O) groups excluding carboxylic acids is 2. The Morgan fingerprint density at radius 1 is 0.396 bits per heavy atom. The van der Waals surface area contributed by atoms with E-state index in [2.05, 4.69) is 172 Å². The Morgan fingerprint density at radius 2 is 0.703 bits per heavy atom. The second kappa shape index (κ2) is 68.5. The van der Waals surface area contributed by atoms with Crippen molar-refractivity contribution in [2.45, 2.75) is 303 Å². The van der Waals surface area contributed by atoms with Crippen molar-refractivity contribution in [3.63, 3.8) is 0 Å². The van der Waals surface area contributed by atoms with Gasteiger partial charge in [0.25, 0.3) is 0 Å². The molecular formula is C81H138N2O7P+. The minimum absolute atomic E-state index is 0.0269. The van der Waals surface area contributed by atoms with Gasteiger partial charge in [0.1, 0.15) is 19.3 Å². The molecule has 0 saturated heterocycles. The molecule has 0 saturated carbocycles. The first-order chi connectivity index (χ1) is 44.4. The van der Waals surface area contributed by atoms with Gasteiger partial charge in [-0.1, -0.05) is 301 Å². The molecule has 91 heavy (non-hydrogen) atoms. The number of likely N-dealkylation sites (N-methyl/N-ethyl adjacent to an activating group) is 1. The third-order valence-corrected chi connectivity index (χ3v) is 16.4. The smallest absolute Gasteiger partial charge is 0.456 e. The quantitative estimate of drug-likeness (QED) is 0.0205. The SMILES string of the molecule is CC/C=C\C/C=C\C/C=C\C/C=C\C/C=C\C/C=C\CCCCCCCCCCC(=O)OC(/C=C/CCCCCCCCCCCCC)C(COP(=O)(O)OCC[N+](C)(C)C)NC(=O)CCCCCCCC/C=C\C/C=C\C/C=C\C/C=C\C/C=C\C/C=C\CC. The molecule has 0 radical (unpaired) electrons. The van der Waals surface area contributed by atoms with Gasteiger partial charge in [0.2, 0.25) is 5.91 Å². The molecule has 0 fully saturated rings. The maximum absolute atomic E-state index is 13.6. The lowest BCUT2D eigenvalue weighted by molar-refractivity contribution is -0.870. The summed E-state index contributed by atoms with van der Waals surface area (Å²) in [4.78, 5) is 38.0. The van der Waals surface area contributed by atoms with Crippen LogP contribution in [0.15, 0.2) is 158 Å². The zero-order valence-electron chi connectivity index (χ0n) is 59.3. The molecule has 1 amide bonds. The number of quaternary nitrogens is 1. The summed E-state index contributed by atoms with van der Waals surface area (Å²) in [6, 6.07) is -0.874. The van der Waals surface area contributed by atoms with E-state index in [1.165, 1.54) is 83.5 Å². The average molecular weight is 1280 g/mol. The Hall–Kier alpha value is -4.37. The number of nitrogens with zero attached hydrogens (tertiary/aromatic N) is 1. The van der Waals surface area contributed by atoms with E-state index in [1.54, 1.807) is 0 Å². The van der Waals surface area contributed by atoms with E-state index >= 15 is 0 Å². The van der Waals surface area contributed by atoms with Gasteiger partial charge >= 0.3 is 13.8 Å². The maximum atomic E-state index is 13.6. The fourth-order valence-corrected chi connectivity index (χ4v) is 10.6. The topological polar surface area (TPSA) is 111 Å². The molecule has 9 nitrogen and oxygen atoms in total. The van der Waals surface area contributed by atoms with Crippen LogP contribution in [0, 0.1) is 0 Å². The third kappa shape index (κ3) is 69.8. The first-order valence-corrected chi connectivity index (χ1v) is 38.3. The van der Waals surface area contributed by atoms with Crippen LogP contribution in [0.25, 0.3) is 0 Å². The summed E-state index contributed by atoms with van der Waals surface area (Å²) in [7, 11) is 1.46. The van der Waals surface area contributed by atoms with Crippen molar-refractivity contribution in [3.05, 3.63) is 158 Å². The van der Waals surface area contributed by atoms with Gasteiger partial charge in [0, 0.05) is 12.8 Å². The fourth-order valence-electron chi connectivity index (χ4n) is 9.89. The standard InChI is InChI=1S/C81H137N2O7P/c1-7-10-13-16-19-22-25-28-30-32-34-36-38-40-41-43-45-47-49-51-53-56-59-62-65-68-71-74-81(85)90-79(72-69-66-63-60-57-54-27-24-21-18-15-12-9-3)78(77-89-91(86,87)88-76-75-83(4,5)6)82-80(84)73-70-67-64-61-58-55-52-50-48-46-44-42-39-37-35-33-31-29-26-23-20-17-14-11-8-2/h10-11,13-14,19-20,22-23,28-31,34-37,40-42,44-45,47-48,50,69,72,78-79H,7-9,12,15-18,21,24-27,32-33,38-39,43,46,49,51-68,70-71,73-77H2,1-6H3,(H-,82,84,86,87)/p+1/b13-10-,14-11-,22-19-,23-20-,30-28-,31-29-,36-34-,37-35-,41-40-,44-42-,47-45-,50-48-,72-69+. The van der Waals surface area contributed by atoms with Gasteiger partial charge in [-0.15, -0.1) is 0 Å². The van der Waals surface area contributed by atoms with Crippen LogP contribution in [0.3, 0.4) is 0 Å². The fraction of sp³-hybridized carbons (Fsp3) is 0.654. The Bertz CT molecular complexity index is 2120. The third-order valence-electron chi connectivity index (χ3n) is 15.5. The van der Waals surface area contributed by atoms with Crippen LogP contribution in [0.4, 0.5) is 0 Å². The highest BCUT2D eigenvalue weighted by atomic mass is 31.2. The molecule has 0 heterocycles. The minimum Gasteiger partial charge on any atom is -0.456 e. The predicted octanol–water partition coefficient (Wildman–Crippen LogP) is 23.9. The number of allylic oxidation sites excluding steroid dienone is 25. The number of carbonyl (C=O) groups is 2. The molecule has 0 aromatic heterocycles.